The molecule has 0 radical (unpaired) electrons. The van der Waals surface area contributed by atoms with Crippen molar-refractivity contribution in [3.63, 3.8) is 0 Å². The Hall–Kier alpha value is -1.38. The minimum atomic E-state index is 0.00463. The maximum Gasteiger partial charge on any atom is 0.214 e. The molecule has 3 heteroatoms. The maximum absolute atomic E-state index is 9.06. The molecule has 2 bridgehead atoms. The molecule has 52 valence electrons. The van der Waals surface area contributed by atoms with E-state index in [9.17, 15) is 0 Å². The van der Waals surface area contributed by atoms with Crippen LogP contribution in [0.1, 0.15) is 5.56 Å². The molecular formula is C7H6O3. The zero-order valence-corrected chi connectivity index (χ0v) is 5.38. The predicted molar refractivity (Wildman–Crippen MR) is 34.6 cm³/mol. The number of hydrogen-bond donors (Lipinski definition) is 2. The lowest BCUT2D eigenvalue weighted by atomic mass is 10.1. The number of aryl methyl sites for hydroxylation is 1. The summed E-state index contributed by atoms with van der Waals surface area (Å²) in [6, 6.07) is 1.56. The lowest BCUT2D eigenvalue weighted by Gasteiger charge is -2.22. The molecule has 2 N–H and O–H groups in total. The smallest absolute Gasteiger partial charge is 0.214 e. The predicted octanol–water partition coefficient (Wildman–Crippen LogP) is 1.51. The largest absolute Gasteiger partial charge is 0.504 e. The van der Waals surface area contributed by atoms with Gasteiger partial charge < -0.3 is 14.9 Å². The molecule has 3 nitrogen and oxygen atoms in total. The lowest BCUT2D eigenvalue weighted by molar-refractivity contribution is 0.309. The van der Waals surface area contributed by atoms with E-state index in [1.807, 2.05) is 0 Å². The molecule has 0 aromatic heterocycles. The van der Waals surface area contributed by atoms with E-state index in [0.29, 0.717) is 5.75 Å². The zero-order valence-electron chi connectivity index (χ0n) is 5.38. The van der Waals surface area contributed by atoms with Crippen LogP contribution in [0.5, 0.6) is 23.0 Å². The number of ether oxygens (including phenoxy) is 1. The first-order valence-corrected chi connectivity index (χ1v) is 2.93. The zero-order chi connectivity index (χ0) is 7.30. The SMILES string of the molecule is Cc1cc(O)c2c(O)c1O2. The average Bonchev–Trinajstić information content (AvgIpc) is 1.83. The van der Waals surface area contributed by atoms with Gasteiger partial charge >= 0.3 is 0 Å². The van der Waals surface area contributed by atoms with Crippen molar-refractivity contribution in [3.05, 3.63) is 11.6 Å². The standard InChI is InChI=1S/C7H6O3/c1-3-2-4(8)7-5(9)6(3)10-7/h2,8-9H,1H3. The molecule has 2 heterocycles. The third-order valence-corrected chi connectivity index (χ3v) is 1.58. The Bertz CT molecular complexity index is 264. The van der Waals surface area contributed by atoms with Crippen molar-refractivity contribution in [2.24, 2.45) is 0 Å². The highest BCUT2D eigenvalue weighted by molar-refractivity contribution is 5.69. The van der Waals surface area contributed by atoms with Crippen LogP contribution in [-0.2, 0) is 0 Å². The molecule has 0 saturated heterocycles. The van der Waals surface area contributed by atoms with Crippen LogP contribution in [0.15, 0.2) is 6.07 Å². The summed E-state index contributed by atoms with van der Waals surface area (Å²) in [6.07, 6.45) is 0. The summed E-state index contributed by atoms with van der Waals surface area (Å²) in [6.45, 7) is 1.76. The first-order chi connectivity index (χ1) is 4.70. The van der Waals surface area contributed by atoms with Crippen LogP contribution in [-0.4, -0.2) is 10.2 Å². The fourth-order valence-electron chi connectivity index (χ4n) is 1.03. The van der Waals surface area contributed by atoms with Crippen molar-refractivity contribution in [1.82, 2.24) is 0 Å². The molecule has 2 aliphatic heterocycles. The molecule has 0 spiro atoms. The van der Waals surface area contributed by atoms with Crippen LogP contribution in [0.2, 0.25) is 0 Å². The van der Waals surface area contributed by atoms with Crippen molar-refractivity contribution in [1.29, 1.82) is 0 Å². The van der Waals surface area contributed by atoms with Gasteiger partial charge in [0.05, 0.1) is 0 Å². The number of aromatic hydroxyl groups is 2. The Balaban J connectivity index is 2.76. The monoisotopic (exact) mass is 138 g/mol. The summed E-state index contributed by atoms with van der Waals surface area (Å²) in [5.74, 6) is 0.746. The van der Waals surface area contributed by atoms with Gasteiger partial charge in [-0.1, -0.05) is 0 Å². The number of rotatable bonds is 0. The van der Waals surface area contributed by atoms with E-state index < -0.39 is 0 Å². The van der Waals surface area contributed by atoms with Crippen LogP contribution < -0.4 is 4.74 Å². The van der Waals surface area contributed by atoms with E-state index in [2.05, 4.69) is 0 Å². The molecule has 3 rings (SSSR count). The van der Waals surface area contributed by atoms with Gasteiger partial charge in [0.25, 0.3) is 0 Å². The Morgan fingerprint density at radius 1 is 1.30 bits per heavy atom. The third kappa shape index (κ3) is 0.409. The molecule has 0 saturated carbocycles. The molecule has 0 unspecified atom stereocenters. The fourth-order valence-corrected chi connectivity index (χ4v) is 1.03. The summed E-state index contributed by atoms with van der Waals surface area (Å²) in [5.41, 5.74) is 0.755. The average molecular weight is 138 g/mol. The molecule has 0 aliphatic carbocycles. The van der Waals surface area contributed by atoms with Crippen molar-refractivity contribution in [3.8, 4) is 23.0 Å². The van der Waals surface area contributed by atoms with Crippen LogP contribution >= 0.6 is 0 Å². The molecular weight excluding hydrogens is 132 g/mol. The van der Waals surface area contributed by atoms with Crippen molar-refractivity contribution >= 4 is 0 Å². The minimum Gasteiger partial charge on any atom is -0.504 e. The van der Waals surface area contributed by atoms with Gasteiger partial charge in [0, 0.05) is 0 Å². The maximum atomic E-state index is 9.06. The van der Waals surface area contributed by atoms with Crippen LogP contribution in [0.25, 0.3) is 0 Å². The van der Waals surface area contributed by atoms with Crippen molar-refractivity contribution in [2.45, 2.75) is 6.92 Å². The van der Waals surface area contributed by atoms with Gasteiger partial charge in [-0.15, -0.1) is 0 Å². The first kappa shape index (κ1) is 5.41. The third-order valence-electron chi connectivity index (χ3n) is 1.58. The fraction of sp³-hybridized carbons (Fsp3) is 0.143. The Morgan fingerprint density at radius 2 is 2.00 bits per heavy atom. The molecule has 0 fully saturated rings. The highest BCUT2D eigenvalue weighted by atomic mass is 16.5. The summed E-state index contributed by atoms with van der Waals surface area (Å²) >= 11 is 0. The number of phenolic OH excluding ortho intramolecular Hbond substituents is 2. The van der Waals surface area contributed by atoms with Gasteiger partial charge in [0.15, 0.2) is 11.5 Å². The molecule has 10 heavy (non-hydrogen) atoms. The van der Waals surface area contributed by atoms with Crippen LogP contribution in [0.3, 0.4) is 0 Å². The van der Waals surface area contributed by atoms with Gasteiger partial charge in [-0.25, -0.2) is 0 Å². The van der Waals surface area contributed by atoms with E-state index in [4.69, 9.17) is 14.9 Å². The van der Waals surface area contributed by atoms with E-state index in [1.165, 1.54) is 0 Å². The van der Waals surface area contributed by atoms with Crippen LogP contribution in [0.4, 0.5) is 0 Å². The van der Waals surface area contributed by atoms with Crippen LogP contribution in [0, 0.1) is 6.92 Å². The second kappa shape index (κ2) is 1.37. The van der Waals surface area contributed by atoms with Gasteiger partial charge in [-0.3, -0.25) is 0 Å². The second-order valence-electron chi connectivity index (χ2n) is 2.32. The Kier molecular flexibility index (Phi) is 0.740. The summed E-state index contributed by atoms with van der Waals surface area (Å²) in [7, 11) is 0. The van der Waals surface area contributed by atoms with E-state index >= 15 is 0 Å². The summed E-state index contributed by atoms with van der Waals surface area (Å²) < 4.78 is 4.90. The molecule has 1 aromatic carbocycles. The topological polar surface area (TPSA) is 49.7 Å². The first-order valence-electron chi connectivity index (χ1n) is 2.93. The molecule has 2 aliphatic rings. The van der Waals surface area contributed by atoms with E-state index in [1.54, 1.807) is 13.0 Å². The lowest BCUT2D eigenvalue weighted by Crippen LogP contribution is -1.99. The normalized spacial score (nSPS) is 12.1. The van der Waals surface area contributed by atoms with Crippen molar-refractivity contribution < 1.29 is 14.9 Å². The van der Waals surface area contributed by atoms with E-state index in [-0.39, 0.29) is 17.2 Å². The van der Waals surface area contributed by atoms with Gasteiger partial charge in [0.2, 0.25) is 11.5 Å². The molecule has 1 aromatic rings. The number of fused-ring (bicyclic) bond motifs is 2. The van der Waals surface area contributed by atoms with E-state index in [0.717, 1.165) is 5.56 Å². The summed E-state index contributed by atoms with van der Waals surface area (Å²) in [4.78, 5) is 0. The molecule has 0 atom stereocenters. The molecule has 0 amide bonds. The van der Waals surface area contributed by atoms with Gasteiger partial charge in [-0.2, -0.15) is 0 Å². The second-order valence-corrected chi connectivity index (χ2v) is 2.32. The quantitative estimate of drug-likeness (QED) is 0.580. The van der Waals surface area contributed by atoms with Crippen molar-refractivity contribution in [2.75, 3.05) is 0 Å². The minimum absolute atomic E-state index is 0.00463. The summed E-state index contributed by atoms with van der Waals surface area (Å²) in [5, 5.41) is 18.1. The van der Waals surface area contributed by atoms with Gasteiger partial charge in [-0.05, 0) is 18.6 Å². The number of hydrogen-bond acceptors (Lipinski definition) is 3. The highest BCUT2D eigenvalue weighted by Crippen LogP contribution is 2.56. The Labute approximate surface area is 57.5 Å². The highest BCUT2D eigenvalue weighted by Gasteiger charge is 2.27. The van der Waals surface area contributed by atoms with Gasteiger partial charge in [0.1, 0.15) is 0 Å². The number of phenols is 2. The number of benzene rings is 1. The Morgan fingerprint density at radius 3 is 2.40 bits per heavy atom.